The first-order chi connectivity index (χ1) is 8.72. The van der Waals surface area contributed by atoms with Crippen molar-refractivity contribution < 1.29 is 4.79 Å². The number of nitrogens with one attached hydrogen (secondary N) is 1. The first-order valence-electron chi connectivity index (χ1n) is 7.01. The van der Waals surface area contributed by atoms with Crippen LogP contribution in [0.15, 0.2) is 12.3 Å². The van der Waals surface area contributed by atoms with Gasteiger partial charge in [-0.05, 0) is 25.8 Å². The molecule has 0 saturated heterocycles. The smallest absolute Gasteiger partial charge is 0.223 e. The quantitative estimate of drug-likeness (QED) is 0.772. The fourth-order valence-electron chi connectivity index (χ4n) is 2.09. The molecule has 1 aromatic rings. The Morgan fingerprint density at radius 3 is 2.83 bits per heavy atom. The van der Waals surface area contributed by atoms with Crippen LogP contribution in [-0.2, 0) is 17.9 Å². The van der Waals surface area contributed by atoms with Gasteiger partial charge in [0, 0.05) is 18.7 Å². The van der Waals surface area contributed by atoms with Crippen molar-refractivity contribution in [1.29, 1.82) is 0 Å². The van der Waals surface area contributed by atoms with Gasteiger partial charge in [0.1, 0.15) is 0 Å². The number of carbonyl (C=O) groups is 1. The molecule has 0 aromatic carbocycles. The van der Waals surface area contributed by atoms with E-state index < -0.39 is 0 Å². The summed E-state index contributed by atoms with van der Waals surface area (Å²) in [7, 11) is 0. The van der Waals surface area contributed by atoms with Gasteiger partial charge in [-0.3, -0.25) is 9.48 Å². The predicted octanol–water partition coefficient (Wildman–Crippen LogP) is 2.74. The molecule has 0 radical (unpaired) electrons. The Kier molecular flexibility index (Phi) is 6.47. The zero-order valence-electron chi connectivity index (χ0n) is 11.8. The summed E-state index contributed by atoms with van der Waals surface area (Å²) in [5, 5.41) is 7.21. The normalized spacial score (nSPS) is 12.4. The molecule has 0 aliphatic carbocycles. The summed E-state index contributed by atoms with van der Waals surface area (Å²) < 4.78 is 1.91. The average molecular weight is 251 g/mol. The van der Waals surface area contributed by atoms with E-state index in [0.29, 0.717) is 6.54 Å². The number of aromatic nitrogens is 2. The second kappa shape index (κ2) is 7.90. The molecule has 0 aliphatic heterocycles. The Bertz CT molecular complexity index is 360. The molecule has 1 heterocycles. The van der Waals surface area contributed by atoms with Crippen molar-refractivity contribution >= 4 is 5.91 Å². The van der Waals surface area contributed by atoms with Gasteiger partial charge in [0.15, 0.2) is 0 Å². The molecule has 4 nitrogen and oxygen atoms in total. The van der Waals surface area contributed by atoms with Crippen LogP contribution >= 0.6 is 0 Å². The molecule has 1 rings (SSSR count). The van der Waals surface area contributed by atoms with Crippen molar-refractivity contribution in [3.63, 3.8) is 0 Å². The lowest BCUT2D eigenvalue weighted by molar-refractivity contribution is -0.125. The number of nitrogens with zero attached hydrogens (tertiary/aromatic N) is 2. The molecule has 0 fully saturated rings. The van der Waals surface area contributed by atoms with Gasteiger partial charge in [0.2, 0.25) is 5.91 Å². The maximum atomic E-state index is 12.0. The number of carbonyl (C=O) groups excluding carboxylic acids is 1. The highest BCUT2D eigenvalue weighted by Gasteiger charge is 2.15. The van der Waals surface area contributed by atoms with Gasteiger partial charge >= 0.3 is 0 Å². The maximum absolute atomic E-state index is 12.0. The van der Waals surface area contributed by atoms with Gasteiger partial charge in [0.25, 0.3) is 0 Å². The molecule has 1 N–H and O–H groups in total. The molecular formula is C14H25N3O. The van der Waals surface area contributed by atoms with Crippen LogP contribution in [0.4, 0.5) is 0 Å². The van der Waals surface area contributed by atoms with Gasteiger partial charge in [-0.15, -0.1) is 0 Å². The van der Waals surface area contributed by atoms with E-state index in [1.807, 2.05) is 10.7 Å². The minimum absolute atomic E-state index is 0.156. The molecule has 102 valence electrons. The zero-order valence-corrected chi connectivity index (χ0v) is 11.8. The van der Waals surface area contributed by atoms with Crippen molar-refractivity contribution in [1.82, 2.24) is 15.1 Å². The minimum Gasteiger partial charge on any atom is -0.350 e. The average Bonchev–Trinajstić information content (AvgIpc) is 2.84. The first-order valence-corrected chi connectivity index (χ1v) is 7.01. The van der Waals surface area contributed by atoms with Crippen LogP contribution in [0.25, 0.3) is 0 Å². The largest absolute Gasteiger partial charge is 0.350 e. The van der Waals surface area contributed by atoms with E-state index in [-0.39, 0.29) is 11.8 Å². The minimum atomic E-state index is 0.156. The molecule has 1 amide bonds. The van der Waals surface area contributed by atoms with E-state index in [0.717, 1.165) is 37.9 Å². The first kappa shape index (κ1) is 14.7. The second-order valence-electron chi connectivity index (χ2n) is 4.60. The van der Waals surface area contributed by atoms with Gasteiger partial charge in [-0.25, -0.2) is 0 Å². The summed E-state index contributed by atoms with van der Waals surface area (Å²) in [6.07, 6.45) is 5.95. The van der Waals surface area contributed by atoms with Crippen LogP contribution in [0.5, 0.6) is 0 Å². The number of hydrogen-bond acceptors (Lipinski definition) is 2. The molecular weight excluding hydrogens is 226 g/mol. The van der Waals surface area contributed by atoms with Gasteiger partial charge in [-0.2, -0.15) is 5.10 Å². The van der Waals surface area contributed by atoms with Gasteiger partial charge in [-0.1, -0.05) is 26.7 Å². The highest BCUT2D eigenvalue weighted by atomic mass is 16.1. The van der Waals surface area contributed by atoms with Crippen molar-refractivity contribution in [2.75, 3.05) is 0 Å². The van der Waals surface area contributed by atoms with E-state index >= 15 is 0 Å². The van der Waals surface area contributed by atoms with Crippen molar-refractivity contribution in [3.05, 3.63) is 18.0 Å². The number of amides is 1. The summed E-state index contributed by atoms with van der Waals surface area (Å²) in [6, 6.07) is 1.96. The van der Waals surface area contributed by atoms with E-state index in [9.17, 15) is 4.79 Å². The molecule has 1 aromatic heterocycles. The van der Waals surface area contributed by atoms with Crippen molar-refractivity contribution in [3.8, 4) is 0 Å². The Morgan fingerprint density at radius 2 is 2.22 bits per heavy atom. The van der Waals surface area contributed by atoms with Crippen molar-refractivity contribution in [2.45, 2.75) is 59.5 Å². The summed E-state index contributed by atoms with van der Waals surface area (Å²) in [4.78, 5) is 12.0. The van der Waals surface area contributed by atoms with Crippen LogP contribution in [0.1, 0.15) is 52.1 Å². The number of rotatable bonds is 8. The van der Waals surface area contributed by atoms with Gasteiger partial charge in [0.05, 0.1) is 12.2 Å². The van der Waals surface area contributed by atoms with Crippen LogP contribution in [0.3, 0.4) is 0 Å². The standard InChI is InChI=1S/C14H25N3O/c1-4-7-8-12(5-2)14(18)15-11-13-9-10-16-17(13)6-3/h9-10,12H,4-8,11H2,1-3H3,(H,15,18)/t12-/m1/s1. The second-order valence-corrected chi connectivity index (χ2v) is 4.60. The summed E-state index contributed by atoms with van der Waals surface area (Å²) >= 11 is 0. The third-order valence-corrected chi connectivity index (χ3v) is 3.32. The lowest BCUT2D eigenvalue weighted by Crippen LogP contribution is -2.30. The molecule has 0 spiro atoms. The Morgan fingerprint density at radius 1 is 1.44 bits per heavy atom. The maximum Gasteiger partial charge on any atom is 0.223 e. The fourth-order valence-corrected chi connectivity index (χ4v) is 2.09. The third-order valence-electron chi connectivity index (χ3n) is 3.32. The lowest BCUT2D eigenvalue weighted by atomic mass is 9.98. The van der Waals surface area contributed by atoms with E-state index in [1.54, 1.807) is 6.20 Å². The fraction of sp³-hybridized carbons (Fsp3) is 0.714. The molecule has 0 unspecified atom stereocenters. The number of unbranched alkanes of at least 4 members (excludes halogenated alkanes) is 1. The van der Waals surface area contributed by atoms with Crippen LogP contribution in [0, 0.1) is 5.92 Å². The molecule has 0 saturated carbocycles. The SMILES string of the molecule is CCCC[C@@H](CC)C(=O)NCc1ccnn1CC. The molecule has 1 atom stereocenters. The van der Waals surface area contributed by atoms with Crippen molar-refractivity contribution in [2.24, 2.45) is 5.92 Å². The Hall–Kier alpha value is -1.32. The molecule has 0 bridgehead atoms. The van der Waals surface area contributed by atoms with E-state index in [1.165, 1.54) is 0 Å². The van der Waals surface area contributed by atoms with Gasteiger partial charge < -0.3 is 5.32 Å². The van der Waals surface area contributed by atoms with Crippen LogP contribution < -0.4 is 5.32 Å². The van der Waals surface area contributed by atoms with E-state index in [2.05, 4.69) is 31.2 Å². The monoisotopic (exact) mass is 251 g/mol. The predicted molar refractivity (Wildman–Crippen MR) is 73.1 cm³/mol. The number of aryl methyl sites for hydroxylation is 1. The Labute approximate surface area is 110 Å². The lowest BCUT2D eigenvalue weighted by Gasteiger charge is -2.14. The summed E-state index contributed by atoms with van der Waals surface area (Å²) in [6.45, 7) is 7.70. The topological polar surface area (TPSA) is 46.9 Å². The molecule has 18 heavy (non-hydrogen) atoms. The third kappa shape index (κ3) is 4.17. The highest BCUT2D eigenvalue weighted by Crippen LogP contribution is 2.12. The zero-order chi connectivity index (χ0) is 13.4. The van der Waals surface area contributed by atoms with Crippen LogP contribution in [0.2, 0.25) is 0 Å². The summed E-state index contributed by atoms with van der Waals surface area (Å²) in [5.41, 5.74) is 1.07. The van der Waals surface area contributed by atoms with Crippen LogP contribution in [-0.4, -0.2) is 15.7 Å². The molecule has 4 heteroatoms. The number of hydrogen-bond donors (Lipinski definition) is 1. The summed E-state index contributed by atoms with van der Waals surface area (Å²) in [5.74, 6) is 0.331. The molecule has 0 aliphatic rings. The highest BCUT2D eigenvalue weighted by molar-refractivity contribution is 5.78. The Balaban J connectivity index is 2.44. The van der Waals surface area contributed by atoms with E-state index in [4.69, 9.17) is 0 Å².